The fraction of sp³-hybridized carbons (Fsp3) is 0.538. The van der Waals surface area contributed by atoms with Crippen LogP contribution in [0.2, 0.25) is 0 Å². The standard InChI is InChI=1S/C13H19N4O6PS/c1-10(23-24(20,15-5-6-15)16-7-8-16)11-3-4-13(17(18)19)12(9-11)14-25(2,21)22/h3-4,9-10,14H,5-8H2,1-2H3. The Labute approximate surface area is 145 Å². The minimum absolute atomic E-state index is 0.145. The Balaban J connectivity index is 1.87. The van der Waals surface area contributed by atoms with Gasteiger partial charge in [-0.05, 0) is 24.6 Å². The maximum atomic E-state index is 13.0. The maximum Gasteiger partial charge on any atom is 0.346 e. The zero-order valence-electron chi connectivity index (χ0n) is 13.8. The van der Waals surface area contributed by atoms with Crippen molar-refractivity contribution in [1.29, 1.82) is 0 Å². The van der Waals surface area contributed by atoms with Crippen LogP contribution < -0.4 is 4.72 Å². The molecule has 0 radical (unpaired) electrons. The number of anilines is 1. The van der Waals surface area contributed by atoms with E-state index in [0.29, 0.717) is 31.7 Å². The summed E-state index contributed by atoms with van der Waals surface area (Å²) >= 11 is 0. The van der Waals surface area contributed by atoms with Gasteiger partial charge >= 0.3 is 7.67 Å². The van der Waals surface area contributed by atoms with Gasteiger partial charge in [0, 0.05) is 32.2 Å². The number of sulfonamides is 1. The largest absolute Gasteiger partial charge is 0.346 e. The molecule has 0 aliphatic carbocycles. The van der Waals surface area contributed by atoms with Crippen LogP contribution in [0.15, 0.2) is 18.2 Å². The second-order valence-corrected chi connectivity index (χ2v) is 10.1. The first-order chi connectivity index (χ1) is 11.6. The highest BCUT2D eigenvalue weighted by molar-refractivity contribution is 7.92. The van der Waals surface area contributed by atoms with E-state index in [9.17, 15) is 23.1 Å². The van der Waals surface area contributed by atoms with Gasteiger partial charge < -0.3 is 0 Å². The third-order valence-corrected chi connectivity index (χ3v) is 7.25. The Morgan fingerprint density at radius 3 is 2.28 bits per heavy atom. The first-order valence-electron chi connectivity index (χ1n) is 7.65. The monoisotopic (exact) mass is 390 g/mol. The van der Waals surface area contributed by atoms with Crippen LogP contribution in [0.25, 0.3) is 0 Å². The fourth-order valence-corrected chi connectivity index (χ4v) is 5.33. The molecule has 0 bridgehead atoms. The summed E-state index contributed by atoms with van der Waals surface area (Å²) in [4.78, 5) is 10.4. The van der Waals surface area contributed by atoms with Crippen LogP contribution in [0.3, 0.4) is 0 Å². The second-order valence-electron chi connectivity index (χ2n) is 6.05. The molecule has 138 valence electrons. The molecule has 1 N–H and O–H groups in total. The average Bonchev–Trinajstić information content (AvgIpc) is 3.38. The molecule has 1 aromatic carbocycles. The third kappa shape index (κ3) is 4.18. The number of benzene rings is 1. The number of nitro groups is 1. The van der Waals surface area contributed by atoms with Crippen LogP contribution in [-0.4, -0.2) is 55.1 Å². The normalized spacial score (nSPS) is 19.4. The zero-order chi connectivity index (χ0) is 18.4. The van der Waals surface area contributed by atoms with Crippen molar-refractivity contribution >= 4 is 29.1 Å². The van der Waals surface area contributed by atoms with E-state index in [1.54, 1.807) is 16.3 Å². The van der Waals surface area contributed by atoms with Gasteiger partial charge in [0.05, 0.1) is 17.3 Å². The maximum absolute atomic E-state index is 13.0. The number of nitro benzene ring substituents is 1. The predicted octanol–water partition coefficient (Wildman–Crippen LogP) is 1.78. The van der Waals surface area contributed by atoms with Crippen molar-refractivity contribution in [2.45, 2.75) is 13.0 Å². The quantitative estimate of drug-likeness (QED) is 0.309. The predicted molar refractivity (Wildman–Crippen MR) is 91.8 cm³/mol. The van der Waals surface area contributed by atoms with E-state index in [1.165, 1.54) is 18.2 Å². The number of nitrogens with one attached hydrogen (secondary N) is 1. The Hall–Kier alpha value is -1.52. The fourth-order valence-electron chi connectivity index (χ4n) is 2.42. The Kier molecular flexibility index (Phi) is 4.63. The van der Waals surface area contributed by atoms with Crippen LogP contribution in [0.4, 0.5) is 11.4 Å². The van der Waals surface area contributed by atoms with Gasteiger partial charge in [-0.1, -0.05) is 0 Å². The van der Waals surface area contributed by atoms with Crippen molar-refractivity contribution in [2.75, 3.05) is 37.2 Å². The van der Waals surface area contributed by atoms with Crippen molar-refractivity contribution in [3.8, 4) is 0 Å². The lowest BCUT2D eigenvalue weighted by Gasteiger charge is -2.24. The molecule has 1 aromatic rings. The van der Waals surface area contributed by atoms with Crippen LogP contribution in [-0.2, 0) is 19.1 Å². The number of nitrogens with zero attached hydrogens (tertiary/aromatic N) is 3. The van der Waals surface area contributed by atoms with Crippen LogP contribution in [0, 0.1) is 10.1 Å². The summed E-state index contributed by atoms with van der Waals surface area (Å²) < 4.78 is 47.4. The Morgan fingerprint density at radius 2 is 1.84 bits per heavy atom. The van der Waals surface area contributed by atoms with Gasteiger partial charge in [-0.2, -0.15) is 0 Å². The van der Waals surface area contributed by atoms with E-state index in [-0.39, 0.29) is 11.4 Å². The molecule has 2 saturated heterocycles. The molecule has 2 heterocycles. The molecule has 0 amide bonds. The lowest BCUT2D eigenvalue weighted by Crippen LogP contribution is -2.13. The summed E-state index contributed by atoms with van der Waals surface area (Å²) in [5.41, 5.74) is -0.00384. The summed E-state index contributed by atoms with van der Waals surface area (Å²) in [6.45, 7) is 4.53. The molecule has 12 heteroatoms. The van der Waals surface area contributed by atoms with Gasteiger partial charge in [0.1, 0.15) is 5.69 Å². The van der Waals surface area contributed by atoms with E-state index >= 15 is 0 Å². The van der Waals surface area contributed by atoms with E-state index < -0.39 is 28.7 Å². The molecular formula is C13H19N4O6PS. The van der Waals surface area contributed by atoms with Gasteiger partial charge in [-0.25, -0.2) is 17.8 Å². The minimum atomic E-state index is -3.68. The van der Waals surface area contributed by atoms with Crippen LogP contribution in [0.5, 0.6) is 0 Å². The van der Waals surface area contributed by atoms with Gasteiger partial charge in [-0.3, -0.25) is 23.9 Å². The molecule has 1 unspecified atom stereocenters. The summed E-state index contributed by atoms with van der Waals surface area (Å²) in [7, 11) is -6.74. The molecule has 2 fully saturated rings. The molecule has 0 spiro atoms. The molecule has 3 rings (SSSR count). The van der Waals surface area contributed by atoms with Crippen molar-refractivity contribution in [2.24, 2.45) is 0 Å². The lowest BCUT2D eigenvalue weighted by molar-refractivity contribution is -0.383. The van der Waals surface area contributed by atoms with Gasteiger partial charge in [-0.15, -0.1) is 0 Å². The van der Waals surface area contributed by atoms with Crippen LogP contribution >= 0.6 is 7.67 Å². The summed E-state index contributed by atoms with van der Waals surface area (Å²) in [6.07, 6.45) is 0.297. The Morgan fingerprint density at radius 1 is 1.28 bits per heavy atom. The molecule has 2 aliphatic rings. The van der Waals surface area contributed by atoms with Gasteiger partial charge in [0.2, 0.25) is 10.0 Å². The van der Waals surface area contributed by atoms with E-state index in [4.69, 9.17) is 4.52 Å². The zero-order valence-corrected chi connectivity index (χ0v) is 15.5. The van der Waals surface area contributed by atoms with E-state index in [0.717, 1.165) is 6.26 Å². The molecular weight excluding hydrogens is 371 g/mol. The molecule has 0 saturated carbocycles. The molecule has 1 atom stereocenters. The molecule has 25 heavy (non-hydrogen) atoms. The highest BCUT2D eigenvalue weighted by Crippen LogP contribution is 2.63. The van der Waals surface area contributed by atoms with Crippen molar-refractivity contribution in [3.63, 3.8) is 0 Å². The number of rotatable bonds is 8. The lowest BCUT2D eigenvalue weighted by atomic mass is 10.1. The third-order valence-electron chi connectivity index (χ3n) is 3.84. The highest BCUT2D eigenvalue weighted by Gasteiger charge is 2.50. The number of hydrogen-bond acceptors (Lipinski definition) is 6. The van der Waals surface area contributed by atoms with Gasteiger partial charge in [0.25, 0.3) is 5.69 Å². The SMILES string of the molecule is CC(OP(=O)(N1CC1)N1CC1)c1ccc([N+](=O)[O-])c(NS(C)(=O)=O)c1. The van der Waals surface area contributed by atoms with Crippen molar-refractivity contribution in [1.82, 2.24) is 9.34 Å². The average molecular weight is 390 g/mol. The van der Waals surface area contributed by atoms with Crippen LogP contribution in [0.1, 0.15) is 18.6 Å². The smallest absolute Gasteiger partial charge is 0.298 e. The minimum Gasteiger partial charge on any atom is -0.298 e. The van der Waals surface area contributed by atoms with Crippen molar-refractivity contribution in [3.05, 3.63) is 33.9 Å². The highest BCUT2D eigenvalue weighted by atomic mass is 32.2. The second kappa shape index (κ2) is 6.33. The molecule has 0 aromatic heterocycles. The summed E-state index contributed by atoms with van der Waals surface area (Å²) in [6, 6.07) is 4.03. The summed E-state index contributed by atoms with van der Waals surface area (Å²) in [5, 5.41) is 11.1. The number of hydrogen-bond donors (Lipinski definition) is 1. The first kappa shape index (κ1) is 18.3. The topological polar surface area (TPSA) is 122 Å². The Bertz CT molecular complexity index is 836. The van der Waals surface area contributed by atoms with Crippen molar-refractivity contribution < 1.29 is 22.4 Å². The molecule has 10 nitrogen and oxygen atoms in total. The van der Waals surface area contributed by atoms with E-state index in [1.807, 2.05) is 0 Å². The van der Waals surface area contributed by atoms with E-state index in [2.05, 4.69) is 4.72 Å². The van der Waals surface area contributed by atoms with Gasteiger partial charge in [0.15, 0.2) is 0 Å². The first-order valence-corrected chi connectivity index (χ1v) is 11.1. The summed E-state index contributed by atoms with van der Waals surface area (Å²) in [5.74, 6) is 0. The molecule has 2 aliphatic heterocycles.